The van der Waals surface area contributed by atoms with Crippen molar-refractivity contribution in [3.63, 3.8) is 0 Å². The Hall–Kier alpha value is -3.02. The summed E-state index contributed by atoms with van der Waals surface area (Å²) in [5.41, 5.74) is 2.78. The SMILES string of the molecule is O=C(CCc1ccc2c(c1)OCO2)NCc1cn2ccccc2n1. The lowest BCUT2D eigenvalue weighted by Gasteiger charge is -2.04. The monoisotopic (exact) mass is 323 g/mol. The fourth-order valence-electron chi connectivity index (χ4n) is 2.70. The minimum absolute atomic E-state index is 0.00437. The number of carbonyl (C=O) groups is 1. The van der Waals surface area contributed by atoms with E-state index in [2.05, 4.69) is 10.3 Å². The number of hydrogen-bond acceptors (Lipinski definition) is 4. The van der Waals surface area contributed by atoms with Crippen molar-refractivity contribution in [1.82, 2.24) is 14.7 Å². The summed E-state index contributed by atoms with van der Waals surface area (Å²) in [5.74, 6) is 1.51. The number of ether oxygens (including phenoxy) is 2. The number of aryl methyl sites for hydroxylation is 1. The van der Waals surface area contributed by atoms with Crippen molar-refractivity contribution in [3.05, 3.63) is 60.0 Å². The molecule has 1 aliphatic rings. The van der Waals surface area contributed by atoms with E-state index >= 15 is 0 Å². The van der Waals surface area contributed by atoms with Crippen LogP contribution < -0.4 is 14.8 Å². The van der Waals surface area contributed by atoms with E-state index in [1.807, 2.05) is 53.2 Å². The van der Waals surface area contributed by atoms with Crippen LogP contribution in [0.15, 0.2) is 48.8 Å². The van der Waals surface area contributed by atoms with Gasteiger partial charge in [-0.1, -0.05) is 12.1 Å². The topological polar surface area (TPSA) is 64.9 Å². The molecule has 1 N–H and O–H groups in total. The standard InChI is InChI=1S/C18H17N3O3/c22-18(7-5-13-4-6-15-16(9-13)24-12-23-15)19-10-14-11-21-8-2-1-3-17(21)20-14/h1-4,6,8-9,11H,5,7,10,12H2,(H,19,22). The molecule has 0 fully saturated rings. The maximum Gasteiger partial charge on any atom is 0.231 e. The van der Waals surface area contributed by atoms with Crippen molar-refractivity contribution in [2.75, 3.05) is 6.79 Å². The molecular weight excluding hydrogens is 306 g/mol. The number of aromatic nitrogens is 2. The molecule has 1 aliphatic heterocycles. The van der Waals surface area contributed by atoms with Crippen LogP contribution in [0.1, 0.15) is 17.7 Å². The van der Waals surface area contributed by atoms with Gasteiger partial charge in [0.15, 0.2) is 11.5 Å². The number of benzene rings is 1. The van der Waals surface area contributed by atoms with Crippen molar-refractivity contribution in [1.29, 1.82) is 0 Å². The van der Waals surface area contributed by atoms with E-state index in [0.717, 1.165) is 28.4 Å². The first-order valence-electron chi connectivity index (χ1n) is 7.86. The minimum atomic E-state index is 0.00437. The van der Waals surface area contributed by atoms with E-state index in [1.165, 1.54) is 0 Å². The molecule has 0 spiro atoms. The van der Waals surface area contributed by atoms with Gasteiger partial charge in [-0.15, -0.1) is 0 Å². The Morgan fingerprint density at radius 2 is 2.12 bits per heavy atom. The van der Waals surface area contributed by atoms with Gasteiger partial charge in [0.2, 0.25) is 12.7 Å². The van der Waals surface area contributed by atoms with Gasteiger partial charge in [0.05, 0.1) is 12.2 Å². The lowest BCUT2D eigenvalue weighted by atomic mass is 10.1. The number of amides is 1. The van der Waals surface area contributed by atoms with Crippen LogP contribution in [-0.2, 0) is 17.8 Å². The highest BCUT2D eigenvalue weighted by atomic mass is 16.7. The second kappa shape index (κ2) is 6.23. The van der Waals surface area contributed by atoms with Gasteiger partial charge < -0.3 is 19.2 Å². The highest BCUT2D eigenvalue weighted by Crippen LogP contribution is 2.32. The third-order valence-electron chi connectivity index (χ3n) is 3.96. The zero-order valence-electron chi connectivity index (χ0n) is 13.1. The molecule has 1 aromatic carbocycles. The summed E-state index contributed by atoms with van der Waals surface area (Å²) in [5, 5.41) is 2.91. The molecule has 0 bridgehead atoms. The van der Waals surface area contributed by atoms with Gasteiger partial charge in [0.25, 0.3) is 0 Å². The van der Waals surface area contributed by atoms with Gasteiger partial charge in [-0.3, -0.25) is 4.79 Å². The van der Waals surface area contributed by atoms with E-state index in [4.69, 9.17) is 9.47 Å². The summed E-state index contributed by atoms with van der Waals surface area (Å²) in [6.45, 7) is 0.694. The highest BCUT2D eigenvalue weighted by molar-refractivity contribution is 5.76. The van der Waals surface area contributed by atoms with Crippen LogP contribution >= 0.6 is 0 Å². The number of imidazole rings is 1. The maximum atomic E-state index is 12.0. The number of pyridine rings is 1. The van der Waals surface area contributed by atoms with E-state index in [1.54, 1.807) is 0 Å². The number of hydrogen-bond donors (Lipinski definition) is 1. The van der Waals surface area contributed by atoms with Crippen LogP contribution in [0.2, 0.25) is 0 Å². The Morgan fingerprint density at radius 3 is 3.04 bits per heavy atom. The molecule has 6 nitrogen and oxygen atoms in total. The third-order valence-corrected chi connectivity index (χ3v) is 3.96. The number of rotatable bonds is 5. The predicted molar refractivity (Wildman–Crippen MR) is 87.9 cm³/mol. The Kier molecular flexibility index (Phi) is 3.78. The molecule has 24 heavy (non-hydrogen) atoms. The van der Waals surface area contributed by atoms with Gasteiger partial charge in [-0.25, -0.2) is 4.98 Å². The number of nitrogens with zero attached hydrogens (tertiary/aromatic N) is 2. The Labute approximate surface area is 139 Å². The Bertz CT molecular complexity index is 855. The summed E-state index contributed by atoms with van der Waals surface area (Å²) >= 11 is 0. The molecule has 0 saturated carbocycles. The number of nitrogens with one attached hydrogen (secondary N) is 1. The summed E-state index contributed by atoms with van der Waals surface area (Å²) in [4.78, 5) is 16.5. The van der Waals surface area contributed by atoms with E-state index < -0.39 is 0 Å². The van der Waals surface area contributed by atoms with Crippen LogP contribution in [0.4, 0.5) is 0 Å². The second-order valence-corrected chi connectivity index (χ2v) is 5.66. The zero-order valence-corrected chi connectivity index (χ0v) is 13.1. The molecule has 0 radical (unpaired) electrons. The van der Waals surface area contributed by atoms with Crippen LogP contribution in [0, 0.1) is 0 Å². The molecule has 0 aliphatic carbocycles. The largest absolute Gasteiger partial charge is 0.454 e. The summed E-state index contributed by atoms with van der Waals surface area (Å²) < 4.78 is 12.6. The van der Waals surface area contributed by atoms with Crippen LogP contribution in [-0.4, -0.2) is 22.1 Å². The van der Waals surface area contributed by atoms with E-state index in [0.29, 0.717) is 19.4 Å². The van der Waals surface area contributed by atoms with E-state index in [-0.39, 0.29) is 12.7 Å². The molecule has 0 unspecified atom stereocenters. The fraction of sp³-hybridized carbons (Fsp3) is 0.222. The number of carbonyl (C=O) groups excluding carboxylic acids is 1. The minimum Gasteiger partial charge on any atom is -0.454 e. The highest BCUT2D eigenvalue weighted by Gasteiger charge is 2.13. The van der Waals surface area contributed by atoms with Gasteiger partial charge in [0.1, 0.15) is 5.65 Å². The third kappa shape index (κ3) is 3.03. The summed E-state index contributed by atoms with van der Waals surface area (Å²) in [6.07, 6.45) is 4.95. The Morgan fingerprint density at radius 1 is 1.21 bits per heavy atom. The molecule has 122 valence electrons. The average molecular weight is 323 g/mol. The molecule has 6 heteroatoms. The molecule has 4 rings (SSSR count). The van der Waals surface area contributed by atoms with Gasteiger partial charge in [-0.2, -0.15) is 0 Å². The quantitative estimate of drug-likeness (QED) is 0.782. The predicted octanol–water partition coefficient (Wildman–Crippen LogP) is 2.31. The molecule has 3 aromatic rings. The molecule has 0 atom stereocenters. The normalized spacial score (nSPS) is 12.5. The van der Waals surface area contributed by atoms with Crippen molar-refractivity contribution < 1.29 is 14.3 Å². The molecule has 3 heterocycles. The molecule has 0 saturated heterocycles. The number of fused-ring (bicyclic) bond motifs is 2. The van der Waals surface area contributed by atoms with Crippen LogP contribution in [0.25, 0.3) is 5.65 Å². The Balaban J connectivity index is 1.30. The van der Waals surface area contributed by atoms with Crippen molar-refractivity contribution in [2.45, 2.75) is 19.4 Å². The van der Waals surface area contributed by atoms with Gasteiger partial charge in [-0.05, 0) is 36.2 Å². The average Bonchev–Trinajstić information content (AvgIpc) is 3.23. The fourth-order valence-corrected chi connectivity index (χ4v) is 2.70. The summed E-state index contributed by atoms with van der Waals surface area (Å²) in [6, 6.07) is 11.6. The van der Waals surface area contributed by atoms with Gasteiger partial charge in [0, 0.05) is 18.8 Å². The first-order valence-corrected chi connectivity index (χ1v) is 7.86. The molecular formula is C18H17N3O3. The lowest BCUT2D eigenvalue weighted by Crippen LogP contribution is -2.23. The van der Waals surface area contributed by atoms with E-state index in [9.17, 15) is 4.79 Å². The smallest absolute Gasteiger partial charge is 0.231 e. The van der Waals surface area contributed by atoms with Crippen molar-refractivity contribution >= 4 is 11.6 Å². The first-order chi connectivity index (χ1) is 11.8. The molecule has 1 amide bonds. The van der Waals surface area contributed by atoms with Crippen LogP contribution in [0.3, 0.4) is 0 Å². The van der Waals surface area contributed by atoms with Crippen LogP contribution in [0.5, 0.6) is 11.5 Å². The maximum absolute atomic E-state index is 12.0. The zero-order chi connectivity index (χ0) is 16.4. The molecule has 2 aromatic heterocycles. The lowest BCUT2D eigenvalue weighted by molar-refractivity contribution is -0.121. The second-order valence-electron chi connectivity index (χ2n) is 5.66. The van der Waals surface area contributed by atoms with Crippen molar-refractivity contribution in [3.8, 4) is 11.5 Å². The van der Waals surface area contributed by atoms with Crippen molar-refractivity contribution in [2.24, 2.45) is 0 Å². The summed E-state index contributed by atoms with van der Waals surface area (Å²) in [7, 11) is 0. The van der Waals surface area contributed by atoms with Gasteiger partial charge >= 0.3 is 0 Å². The first kappa shape index (κ1) is 14.6.